The fourth-order valence-electron chi connectivity index (χ4n) is 1.57. The lowest BCUT2D eigenvalue weighted by Crippen LogP contribution is -2.10. The third-order valence-corrected chi connectivity index (χ3v) is 4.11. The number of hydrogen-bond donors (Lipinski definition) is 0. The molecule has 1 unspecified atom stereocenters. The number of hydrogen-bond acceptors (Lipinski definition) is 1. The van der Waals surface area contributed by atoms with E-state index in [4.69, 9.17) is 0 Å². The van der Waals surface area contributed by atoms with E-state index in [1.165, 1.54) is 12.1 Å². The van der Waals surface area contributed by atoms with Crippen LogP contribution in [0.4, 0.5) is 17.6 Å². The lowest BCUT2D eigenvalue weighted by Gasteiger charge is -2.14. The zero-order chi connectivity index (χ0) is 13.6. The Morgan fingerprint density at radius 2 is 2.00 bits per heavy atom. The molecule has 0 amide bonds. The molecule has 0 heterocycles. The Balaban J connectivity index is 2.42. The van der Waals surface area contributed by atoms with Gasteiger partial charge < -0.3 is 0 Å². The van der Waals surface area contributed by atoms with Gasteiger partial charge in [-0.05, 0) is 36.5 Å². The summed E-state index contributed by atoms with van der Waals surface area (Å²) in [4.78, 5) is 0. The molecule has 102 valence electrons. The highest BCUT2D eigenvalue weighted by Gasteiger charge is 2.27. The van der Waals surface area contributed by atoms with Crippen molar-refractivity contribution in [3.05, 3.63) is 35.6 Å². The molecule has 0 nitrogen and oxygen atoms in total. The van der Waals surface area contributed by atoms with Crippen molar-refractivity contribution in [1.29, 1.82) is 0 Å². The first kappa shape index (κ1) is 15.8. The molecule has 0 aliphatic rings. The molecule has 0 fully saturated rings. The van der Waals surface area contributed by atoms with E-state index in [1.54, 1.807) is 12.1 Å². The molecule has 18 heavy (non-hydrogen) atoms. The van der Waals surface area contributed by atoms with Crippen LogP contribution in [0.5, 0.6) is 0 Å². The summed E-state index contributed by atoms with van der Waals surface area (Å²) in [5, 5.41) is 0.613. The van der Waals surface area contributed by atoms with E-state index in [0.717, 1.165) is 5.56 Å². The SMILES string of the molecule is Fc1cccc(CC(CBr)CCSC(F)(F)F)c1. The Hall–Kier alpha value is -0.230. The summed E-state index contributed by atoms with van der Waals surface area (Å²) in [5.41, 5.74) is -3.35. The first-order chi connectivity index (χ1) is 8.40. The van der Waals surface area contributed by atoms with Crippen molar-refractivity contribution in [2.45, 2.75) is 18.3 Å². The molecule has 0 saturated heterocycles. The van der Waals surface area contributed by atoms with Gasteiger partial charge in [0.25, 0.3) is 0 Å². The summed E-state index contributed by atoms with van der Waals surface area (Å²) in [6.07, 6.45) is 1.04. The maximum absolute atomic E-state index is 13.0. The molecule has 1 aromatic rings. The van der Waals surface area contributed by atoms with Crippen LogP contribution in [0.2, 0.25) is 0 Å². The highest BCUT2D eigenvalue weighted by atomic mass is 79.9. The van der Waals surface area contributed by atoms with E-state index in [-0.39, 0.29) is 29.2 Å². The fraction of sp³-hybridized carbons (Fsp3) is 0.500. The van der Waals surface area contributed by atoms with Crippen LogP contribution in [0.25, 0.3) is 0 Å². The van der Waals surface area contributed by atoms with Crippen LogP contribution in [-0.2, 0) is 6.42 Å². The van der Waals surface area contributed by atoms with E-state index >= 15 is 0 Å². The molecule has 0 aromatic heterocycles. The van der Waals surface area contributed by atoms with Crippen LogP contribution in [0.15, 0.2) is 24.3 Å². The van der Waals surface area contributed by atoms with Crippen LogP contribution in [0, 0.1) is 11.7 Å². The van der Waals surface area contributed by atoms with E-state index in [1.807, 2.05) is 0 Å². The molecule has 1 rings (SSSR count). The van der Waals surface area contributed by atoms with Crippen molar-refractivity contribution < 1.29 is 17.6 Å². The van der Waals surface area contributed by atoms with Crippen molar-refractivity contribution in [1.82, 2.24) is 0 Å². The summed E-state index contributed by atoms with van der Waals surface area (Å²) in [6, 6.07) is 6.18. The Morgan fingerprint density at radius 3 is 2.56 bits per heavy atom. The van der Waals surface area contributed by atoms with Crippen molar-refractivity contribution in [3.8, 4) is 0 Å². The average Bonchev–Trinajstić information content (AvgIpc) is 2.26. The van der Waals surface area contributed by atoms with Gasteiger partial charge in [-0.3, -0.25) is 0 Å². The van der Waals surface area contributed by atoms with Gasteiger partial charge in [-0.15, -0.1) is 0 Å². The second kappa shape index (κ2) is 7.38. The summed E-state index contributed by atoms with van der Waals surface area (Å²) >= 11 is 3.28. The Morgan fingerprint density at radius 1 is 1.28 bits per heavy atom. The Labute approximate surface area is 116 Å². The number of alkyl halides is 4. The molecule has 0 aliphatic carbocycles. The summed E-state index contributed by atoms with van der Waals surface area (Å²) < 4.78 is 48.9. The standard InChI is InChI=1S/C12H13BrF4S/c13-8-10(4-5-18-12(15,16)17)6-9-2-1-3-11(14)7-9/h1-3,7,10H,4-6,8H2. The minimum absolute atomic E-state index is 0.00393. The maximum atomic E-state index is 13.0. The first-order valence-corrected chi connectivity index (χ1v) is 7.52. The topological polar surface area (TPSA) is 0 Å². The maximum Gasteiger partial charge on any atom is 0.441 e. The third kappa shape index (κ3) is 6.64. The van der Waals surface area contributed by atoms with Gasteiger partial charge in [-0.25, -0.2) is 4.39 Å². The predicted molar refractivity (Wildman–Crippen MR) is 70.5 cm³/mol. The van der Waals surface area contributed by atoms with Crippen molar-refractivity contribution >= 4 is 27.7 Å². The third-order valence-electron chi connectivity index (χ3n) is 2.42. The molecular formula is C12H13BrF4S. The van der Waals surface area contributed by atoms with Gasteiger partial charge >= 0.3 is 5.51 Å². The minimum Gasteiger partial charge on any atom is -0.207 e. The van der Waals surface area contributed by atoms with Gasteiger partial charge in [0.2, 0.25) is 0 Å². The fourth-order valence-corrected chi connectivity index (χ4v) is 2.81. The van der Waals surface area contributed by atoms with Crippen LogP contribution in [0.1, 0.15) is 12.0 Å². The van der Waals surface area contributed by atoms with E-state index in [9.17, 15) is 17.6 Å². The molecule has 0 saturated carbocycles. The first-order valence-electron chi connectivity index (χ1n) is 5.42. The predicted octanol–water partition coefficient (Wildman–Crippen LogP) is 5.02. The van der Waals surface area contributed by atoms with Crippen molar-refractivity contribution in [3.63, 3.8) is 0 Å². The molecule has 0 N–H and O–H groups in total. The van der Waals surface area contributed by atoms with Gasteiger partial charge in [-0.2, -0.15) is 13.2 Å². The zero-order valence-electron chi connectivity index (χ0n) is 9.51. The second-order valence-corrected chi connectivity index (χ2v) is 5.74. The van der Waals surface area contributed by atoms with Gasteiger partial charge in [0.15, 0.2) is 0 Å². The van der Waals surface area contributed by atoms with Crippen LogP contribution in [0.3, 0.4) is 0 Å². The highest BCUT2D eigenvalue weighted by Crippen LogP contribution is 2.31. The van der Waals surface area contributed by atoms with Gasteiger partial charge in [0.05, 0.1) is 0 Å². The summed E-state index contributed by atoms with van der Waals surface area (Å²) in [7, 11) is 0. The van der Waals surface area contributed by atoms with Gasteiger partial charge in [0.1, 0.15) is 5.82 Å². The second-order valence-electron chi connectivity index (χ2n) is 3.94. The van der Waals surface area contributed by atoms with E-state index in [2.05, 4.69) is 15.9 Å². The zero-order valence-corrected chi connectivity index (χ0v) is 11.9. The molecule has 1 atom stereocenters. The monoisotopic (exact) mass is 344 g/mol. The molecule has 1 aromatic carbocycles. The number of benzene rings is 1. The summed E-state index contributed by atoms with van der Waals surface area (Å²) in [6.45, 7) is 0. The van der Waals surface area contributed by atoms with E-state index < -0.39 is 5.51 Å². The Bertz CT molecular complexity index is 367. The number of thioether (sulfide) groups is 1. The lowest BCUT2D eigenvalue weighted by atomic mass is 9.99. The number of halogens is 5. The molecular weight excluding hydrogens is 332 g/mol. The average molecular weight is 345 g/mol. The largest absolute Gasteiger partial charge is 0.441 e. The normalized spacial score (nSPS) is 13.6. The highest BCUT2D eigenvalue weighted by molar-refractivity contribution is 9.09. The smallest absolute Gasteiger partial charge is 0.207 e. The molecule has 0 spiro atoms. The van der Waals surface area contributed by atoms with Crippen LogP contribution in [-0.4, -0.2) is 16.6 Å². The molecule has 0 bridgehead atoms. The number of rotatable bonds is 6. The minimum atomic E-state index is -4.17. The van der Waals surface area contributed by atoms with E-state index in [0.29, 0.717) is 18.2 Å². The lowest BCUT2D eigenvalue weighted by molar-refractivity contribution is -0.0328. The Kier molecular flexibility index (Phi) is 6.49. The van der Waals surface area contributed by atoms with Crippen molar-refractivity contribution in [2.75, 3.05) is 11.1 Å². The van der Waals surface area contributed by atoms with Crippen LogP contribution >= 0.6 is 27.7 Å². The van der Waals surface area contributed by atoms with Gasteiger partial charge in [0, 0.05) is 11.1 Å². The molecule has 6 heteroatoms. The molecule has 0 aliphatic heterocycles. The van der Waals surface area contributed by atoms with Crippen molar-refractivity contribution in [2.24, 2.45) is 5.92 Å². The molecule has 0 radical (unpaired) electrons. The quantitative estimate of drug-likeness (QED) is 0.515. The summed E-state index contributed by atoms with van der Waals surface area (Å²) in [5.74, 6) is -0.193. The van der Waals surface area contributed by atoms with Crippen LogP contribution < -0.4 is 0 Å². The van der Waals surface area contributed by atoms with Gasteiger partial charge in [-0.1, -0.05) is 39.8 Å².